The van der Waals surface area contributed by atoms with Crippen molar-refractivity contribution >= 4 is 11.5 Å². The topological polar surface area (TPSA) is 106 Å². The number of aromatic nitrogens is 3. The molecule has 3 aromatic rings. The van der Waals surface area contributed by atoms with Gasteiger partial charge in [0.1, 0.15) is 11.5 Å². The van der Waals surface area contributed by atoms with Crippen LogP contribution in [-0.2, 0) is 5.72 Å². The third-order valence-corrected chi connectivity index (χ3v) is 3.71. The molecule has 0 amide bonds. The number of rotatable bonds is 5. The number of pyridine rings is 1. The molecule has 0 aliphatic heterocycles. The lowest BCUT2D eigenvalue weighted by Crippen LogP contribution is -2.34. The van der Waals surface area contributed by atoms with Crippen LogP contribution in [0.3, 0.4) is 0 Å². The Labute approximate surface area is 158 Å². The van der Waals surface area contributed by atoms with Crippen LogP contribution >= 0.6 is 0 Å². The number of para-hydroxylation sites is 2. The van der Waals surface area contributed by atoms with Gasteiger partial charge in [0.25, 0.3) is 0 Å². The maximum absolute atomic E-state index is 12.6. The van der Waals surface area contributed by atoms with Crippen LogP contribution in [0, 0.1) is 0 Å². The van der Waals surface area contributed by atoms with Crippen LogP contribution in [-0.4, -0.2) is 26.4 Å². The van der Waals surface area contributed by atoms with Gasteiger partial charge in [-0.2, -0.15) is 0 Å². The summed E-state index contributed by atoms with van der Waals surface area (Å²) in [6, 6.07) is 8.75. The molecule has 1 atom stereocenters. The van der Waals surface area contributed by atoms with E-state index in [4.69, 9.17) is 5.73 Å². The van der Waals surface area contributed by atoms with E-state index in [2.05, 4.69) is 25.0 Å². The monoisotopic (exact) mass is 391 g/mol. The SMILES string of the molecule is CC(O)(Nc1ccccc1OC(F)(F)F)c1nc(-c2cccnc2)cnc1N. The predicted molar refractivity (Wildman–Crippen MR) is 96.0 cm³/mol. The number of aliphatic hydroxyl groups is 1. The van der Waals surface area contributed by atoms with Gasteiger partial charge in [0.2, 0.25) is 0 Å². The highest BCUT2D eigenvalue weighted by molar-refractivity contribution is 5.61. The Bertz CT molecular complexity index is 965. The second kappa shape index (κ2) is 7.31. The summed E-state index contributed by atoms with van der Waals surface area (Å²) in [6.45, 7) is 1.30. The Morgan fingerprint density at radius 3 is 2.54 bits per heavy atom. The van der Waals surface area contributed by atoms with Gasteiger partial charge in [0.05, 0.1) is 17.6 Å². The summed E-state index contributed by atoms with van der Waals surface area (Å²) in [7, 11) is 0. The maximum atomic E-state index is 12.6. The fourth-order valence-electron chi connectivity index (χ4n) is 2.52. The Morgan fingerprint density at radius 2 is 1.86 bits per heavy atom. The highest BCUT2D eigenvalue weighted by Crippen LogP contribution is 2.34. The van der Waals surface area contributed by atoms with Gasteiger partial charge >= 0.3 is 6.36 Å². The minimum Gasteiger partial charge on any atom is -0.404 e. The van der Waals surface area contributed by atoms with Gasteiger partial charge in [0.15, 0.2) is 11.5 Å². The van der Waals surface area contributed by atoms with Gasteiger partial charge < -0.3 is 20.9 Å². The maximum Gasteiger partial charge on any atom is 0.573 e. The van der Waals surface area contributed by atoms with Crippen LogP contribution in [0.5, 0.6) is 5.75 Å². The summed E-state index contributed by atoms with van der Waals surface area (Å²) in [4.78, 5) is 12.3. The lowest BCUT2D eigenvalue weighted by atomic mass is 10.1. The molecule has 0 aliphatic carbocycles. The Hall–Kier alpha value is -3.40. The van der Waals surface area contributed by atoms with Crippen molar-refractivity contribution in [3.63, 3.8) is 0 Å². The fraction of sp³-hybridized carbons (Fsp3) is 0.167. The van der Waals surface area contributed by atoms with Crippen molar-refractivity contribution in [2.24, 2.45) is 0 Å². The van der Waals surface area contributed by atoms with E-state index in [1.165, 1.54) is 31.3 Å². The van der Waals surface area contributed by atoms with Crippen LogP contribution in [0.2, 0.25) is 0 Å². The zero-order chi connectivity index (χ0) is 20.4. The van der Waals surface area contributed by atoms with E-state index in [0.29, 0.717) is 11.3 Å². The summed E-state index contributed by atoms with van der Waals surface area (Å²) < 4.78 is 41.9. The average Bonchev–Trinajstić information content (AvgIpc) is 2.63. The first-order valence-corrected chi connectivity index (χ1v) is 8.04. The molecule has 0 spiro atoms. The minimum atomic E-state index is -4.89. The highest BCUT2D eigenvalue weighted by Gasteiger charge is 2.34. The molecule has 0 fully saturated rings. The fourth-order valence-corrected chi connectivity index (χ4v) is 2.52. The van der Waals surface area contributed by atoms with Gasteiger partial charge in [-0.1, -0.05) is 12.1 Å². The zero-order valence-corrected chi connectivity index (χ0v) is 14.6. The van der Waals surface area contributed by atoms with Crippen LogP contribution < -0.4 is 15.8 Å². The third kappa shape index (κ3) is 4.46. The number of nitrogens with two attached hydrogens (primary N) is 1. The number of ether oxygens (including phenoxy) is 1. The largest absolute Gasteiger partial charge is 0.573 e. The number of nitrogens with one attached hydrogen (secondary N) is 1. The Morgan fingerprint density at radius 1 is 1.11 bits per heavy atom. The molecule has 3 rings (SSSR count). The second-order valence-corrected chi connectivity index (χ2v) is 5.97. The number of halogens is 3. The van der Waals surface area contributed by atoms with Crippen LogP contribution in [0.25, 0.3) is 11.3 Å². The molecule has 0 aliphatic rings. The smallest absolute Gasteiger partial charge is 0.404 e. The van der Waals surface area contributed by atoms with Gasteiger partial charge in [-0.25, -0.2) is 9.97 Å². The quantitative estimate of drug-likeness (QED) is 0.573. The molecule has 7 nitrogen and oxygen atoms in total. The van der Waals surface area contributed by atoms with Gasteiger partial charge in [-0.05, 0) is 31.2 Å². The number of anilines is 2. The summed E-state index contributed by atoms with van der Waals surface area (Å²) in [5.41, 5.74) is 4.76. The van der Waals surface area contributed by atoms with E-state index in [1.54, 1.807) is 24.5 Å². The molecule has 0 radical (unpaired) electrons. The van der Waals surface area contributed by atoms with E-state index in [0.717, 1.165) is 6.07 Å². The van der Waals surface area contributed by atoms with E-state index >= 15 is 0 Å². The number of benzene rings is 1. The van der Waals surface area contributed by atoms with E-state index in [-0.39, 0.29) is 17.2 Å². The summed E-state index contributed by atoms with van der Waals surface area (Å²) in [5, 5.41) is 13.4. The first kappa shape index (κ1) is 19.4. The third-order valence-electron chi connectivity index (χ3n) is 3.71. The van der Waals surface area contributed by atoms with Crippen molar-refractivity contribution in [2.75, 3.05) is 11.1 Å². The molecule has 1 unspecified atom stereocenters. The normalized spacial score (nSPS) is 13.6. The van der Waals surface area contributed by atoms with Crippen molar-refractivity contribution in [1.82, 2.24) is 15.0 Å². The van der Waals surface area contributed by atoms with Gasteiger partial charge in [-0.3, -0.25) is 4.98 Å². The molecule has 4 N–H and O–H groups in total. The van der Waals surface area contributed by atoms with E-state index in [9.17, 15) is 18.3 Å². The van der Waals surface area contributed by atoms with Crippen molar-refractivity contribution in [3.05, 3.63) is 60.7 Å². The molecule has 1 aromatic carbocycles. The molecule has 0 bridgehead atoms. The number of hydrogen-bond acceptors (Lipinski definition) is 7. The van der Waals surface area contributed by atoms with Crippen LogP contribution in [0.4, 0.5) is 24.7 Å². The molecular weight excluding hydrogens is 375 g/mol. The molecule has 28 heavy (non-hydrogen) atoms. The minimum absolute atomic E-state index is 0.0596. The van der Waals surface area contributed by atoms with Crippen LogP contribution in [0.1, 0.15) is 12.6 Å². The molecule has 0 saturated heterocycles. The lowest BCUT2D eigenvalue weighted by Gasteiger charge is -2.27. The molecule has 10 heteroatoms. The summed E-state index contributed by atoms with van der Waals surface area (Å²) >= 11 is 0. The molecule has 146 valence electrons. The van der Waals surface area contributed by atoms with Crippen molar-refractivity contribution < 1.29 is 23.0 Å². The molecule has 2 aromatic heterocycles. The standard InChI is InChI=1S/C18H16F3N5O2/c1-17(27,26-12-6-2-3-7-14(12)28-18(19,20)21)15-16(22)24-10-13(25-15)11-5-4-8-23-9-11/h2-10,26-27H,1H3,(H2,22,24). The highest BCUT2D eigenvalue weighted by atomic mass is 19.4. The average molecular weight is 391 g/mol. The number of hydrogen-bond donors (Lipinski definition) is 3. The van der Waals surface area contributed by atoms with E-state index < -0.39 is 17.8 Å². The van der Waals surface area contributed by atoms with Crippen LogP contribution in [0.15, 0.2) is 55.0 Å². The second-order valence-electron chi connectivity index (χ2n) is 5.97. The number of alkyl halides is 3. The van der Waals surface area contributed by atoms with Gasteiger partial charge in [0, 0.05) is 18.0 Å². The summed E-state index contributed by atoms with van der Waals surface area (Å²) in [5.74, 6) is -0.593. The molecule has 2 heterocycles. The molecule has 0 saturated carbocycles. The Kier molecular flexibility index (Phi) is 5.06. The predicted octanol–water partition coefficient (Wildman–Crippen LogP) is 3.30. The zero-order valence-electron chi connectivity index (χ0n) is 14.6. The van der Waals surface area contributed by atoms with Gasteiger partial charge in [-0.15, -0.1) is 13.2 Å². The summed E-state index contributed by atoms with van der Waals surface area (Å²) in [6.07, 6.45) is -0.335. The van der Waals surface area contributed by atoms with Crippen molar-refractivity contribution in [1.29, 1.82) is 0 Å². The first-order valence-electron chi connectivity index (χ1n) is 8.04. The lowest BCUT2D eigenvalue weighted by molar-refractivity contribution is -0.274. The first-order chi connectivity index (χ1) is 13.2. The Balaban J connectivity index is 1.96. The number of nitrogens with zero attached hydrogens (tertiary/aromatic N) is 3. The van der Waals surface area contributed by atoms with E-state index in [1.807, 2.05) is 0 Å². The van der Waals surface area contributed by atoms with Crippen molar-refractivity contribution in [2.45, 2.75) is 19.0 Å². The van der Waals surface area contributed by atoms with Crippen molar-refractivity contribution in [3.8, 4) is 17.0 Å². The molecular formula is C18H16F3N5O2. The number of nitrogen functional groups attached to an aromatic ring is 1.